The fraction of sp³-hybridized carbons (Fsp3) is 0.250. The van der Waals surface area contributed by atoms with Gasteiger partial charge in [-0.2, -0.15) is 15.2 Å². The van der Waals surface area contributed by atoms with Gasteiger partial charge in [0.25, 0.3) is 5.91 Å². The highest BCUT2D eigenvalue weighted by Crippen LogP contribution is 2.20. The first-order chi connectivity index (χ1) is 16.8. The molecule has 35 heavy (non-hydrogen) atoms. The van der Waals surface area contributed by atoms with Crippen LogP contribution in [0, 0.1) is 0 Å². The van der Waals surface area contributed by atoms with Gasteiger partial charge in [0.1, 0.15) is 0 Å². The van der Waals surface area contributed by atoms with Gasteiger partial charge in [-0.25, -0.2) is 9.97 Å². The number of nitrogens with two attached hydrogens (primary N) is 2. The molecule has 3 heterocycles. The summed E-state index contributed by atoms with van der Waals surface area (Å²) in [5.41, 5.74) is 14.0. The average Bonchev–Trinajstić information content (AvgIpc) is 3.37. The van der Waals surface area contributed by atoms with Gasteiger partial charge in [0.15, 0.2) is 22.8 Å². The minimum absolute atomic E-state index is 0.0313. The van der Waals surface area contributed by atoms with Crippen molar-refractivity contribution < 1.29 is 14.7 Å². The lowest BCUT2D eigenvalue weighted by Gasteiger charge is -2.19. The first kappa shape index (κ1) is 23.2. The Balaban J connectivity index is 1.43. The SMILES string of the molecule is CN(Cc1cnc2nc(N)nc(N)c2n1)c1ccc(C(=O)N[C@@H](CCC(=O)O)c2nn[nH]n2)cc1. The number of H-pyrrole nitrogens is 1. The van der Waals surface area contributed by atoms with Gasteiger partial charge in [0, 0.05) is 24.7 Å². The largest absolute Gasteiger partial charge is 0.481 e. The molecule has 0 fully saturated rings. The van der Waals surface area contributed by atoms with Gasteiger partial charge in [-0.05, 0) is 30.7 Å². The number of benzene rings is 1. The molecule has 7 N–H and O–H groups in total. The first-order valence-electron chi connectivity index (χ1n) is 10.4. The molecule has 0 spiro atoms. The van der Waals surface area contributed by atoms with Crippen LogP contribution < -0.4 is 21.7 Å². The zero-order valence-corrected chi connectivity index (χ0v) is 18.6. The second-order valence-electron chi connectivity index (χ2n) is 7.63. The Kier molecular flexibility index (Phi) is 6.57. The van der Waals surface area contributed by atoms with E-state index < -0.39 is 17.9 Å². The van der Waals surface area contributed by atoms with Crippen molar-refractivity contribution in [2.24, 2.45) is 0 Å². The molecule has 0 radical (unpaired) electrons. The molecular weight excluding hydrogens is 456 g/mol. The molecule has 180 valence electrons. The molecule has 15 heteroatoms. The van der Waals surface area contributed by atoms with Crippen LogP contribution in [0.3, 0.4) is 0 Å². The Morgan fingerprint density at radius 1 is 1.17 bits per heavy atom. The summed E-state index contributed by atoms with van der Waals surface area (Å²) in [5, 5.41) is 25.2. The number of amides is 1. The lowest BCUT2D eigenvalue weighted by Crippen LogP contribution is -2.30. The molecule has 15 nitrogen and oxygen atoms in total. The number of carbonyl (C=O) groups excluding carboxylic acids is 1. The zero-order valence-electron chi connectivity index (χ0n) is 18.6. The highest BCUT2D eigenvalue weighted by atomic mass is 16.4. The maximum atomic E-state index is 12.7. The number of tetrazole rings is 1. The van der Waals surface area contributed by atoms with E-state index in [1.165, 1.54) is 0 Å². The van der Waals surface area contributed by atoms with Gasteiger partial charge >= 0.3 is 5.97 Å². The van der Waals surface area contributed by atoms with Crippen molar-refractivity contribution in [3.05, 3.63) is 47.5 Å². The average molecular weight is 478 g/mol. The van der Waals surface area contributed by atoms with Crippen molar-refractivity contribution in [2.45, 2.75) is 25.4 Å². The number of aromatic nitrogens is 8. The highest BCUT2D eigenvalue weighted by Gasteiger charge is 2.21. The van der Waals surface area contributed by atoms with Gasteiger partial charge in [-0.15, -0.1) is 10.2 Å². The third kappa shape index (κ3) is 5.52. The fourth-order valence-corrected chi connectivity index (χ4v) is 3.35. The number of fused-ring (bicyclic) bond motifs is 1. The van der Waals surface area contributed by atoms with Crippen LogP contribution in [0.4, 0.5) is 17.5 Å². The van der Waals surface area contributed by atoms with Crippen LogP contribution in [0.5, 0.6) is 0 Å². The van der Waals surface area contributed by atoms with Crippen LogP contribution in [-0.4, -0.2) is 64.6 Å². The number of rotatable bonds is 9. The quantitative estimate of drug-likeness (QED) is 0.215. The Labute approximate surface area is 198 Å². The second kappa shape index (κ2) is 9.90. The maximum Gasteiger partial charge on any atom is 0.303 e. The summed E-state index contributed by atoms with van der Waals surface area (Å²) < 4.78 is 0. The number of carbonyl (C=O) groups is 2. The van der Waals surface area contributed by atoms with Crippen LogP contribution in [-0.2, 0) is 11.3 Å². The van der Waals surface area contributed by atoms with E-state index in [9.17, 15) is 9.59 Å². The molecule has 0 unspecified atom stereocenters. The number of hydrogen-bond acceptors (Lipinski definition) is 12. The van der Waals surface area contributed by atoms with Crippen molar-refractivity contribution in [3.8, 4) is 0 Å². The number of nitrogens with zero attached hydrogens (tertiary/aromatic N) is 8. The van der Waals surface area contributed by atoms with Crippen molar-refractivity contribution in [2.75, 3.05) is 23.4 Å². The van der Waals surface area contributed by atoms with E-state index in [0.717, 1.165) is 5.69 Å². The van der Waals surface area contributed by atoms with Gasteiger partial charge < -0.3 is 26.8 Å². The van der Waals surface area contributed by atoms with E-state index in [1.807, 2.05) is 11.9 Å². The molecule has 4 aromatic rings. The molecule has 1 atom stereocenters. The summed E-state index contributed by atoms with van der Waals surface area (Å²) in [6.07, 6.45) is 1.55. The molecule has 0 bridgehead atoms. The second-order valence-corrected chi connectivity index (χ2v) is 7.63. The first-order valence-corrected chi connectivity index (χ1v) is 10.4. The van der Waals surface area contributed by atoms with Crippen molar-refractivity contribution >= 4 is 40.5 Å². The summed E-state index contributed by atoms with van der Waals surface area (Å²) >= 11 is 0. The predicted molar refractivity (Wildman–Crippen MR) is 124 cm³/mol. The van der Waals surface area contributed by atoms with E-state index >= 15 is 0 Å². The number of carboxylic acids is 1. The van der Waals surface area contributed by atoms with Crippen LogP contribution in [0.2, 0.25) is 0 Å². The third-order valence-electron chi connectivity index (χ3n) is 5.10. The molecule has 0 saturated heterocycles. The zero-order chi connectivity index (χ0) is 24.9. The Morgan fingerprint density at radius 2 is 1.94 bits per heavy atom. The Hall–Kier alpha value is -4.95. The molecule has 1 amide bonds. The number of aliphatic carboxylic acids is 1. The monoisotopic (exact) mass is 478 g/mol. The molecule has 0 aliphatic carbocycles. The molecule has 4 rings (SSSR count). The normalized spacial score (nSPS) is 11.8. The number of carboxylic acid groups (broad SMARTS) is 1. The molecule has 1 aromatic carbocycles. The van der Waals surface area contributed by atoms with Gasteiger partial charge in [-0.3, -0.25) is 9.59 Å². The number of nitrogens with one attached hydrogen (secondary N) is 2. The van der Waals surface area contributed by atoms with Gasteiger partial charge in [0.05, 0.1) is 24.5 Å². The van der Waals surface area contributed by atoms with E-state index in [2.05, 4.69) is 45.9 Å². The smallest absolute Gasteiger partial charge is 0.303 e. The van der Waals surface area contributed by atoms with E-state index in [1.54, 1.807) is 30.5 Å². The summed E-state index contributed by atoms with van der Waals surface area (Å²) in [6, 6.07) is 6.18. The maximum absolute atomic E-state index is 12.7. The standard InChI is InChI=1S/C20H22N12O3/c1-32(9-11-8-23-18-15(24-11)16(21)26-20(22)27-18)12-4-2-10(3-5-12)19(35)25-13(6-7-14(33)34)17-28-30-31-29-17/h2-5,8,13H,6-7,9H2,1H3,(H,25,35)(H,33,34)(H,28,29,30,31)(H4,21,22,23,26,27)/t13-/m0/s1. The summed E-state index contributed by atoms with van der Waals surface area (Å²) in [5.74, 6) is -0.988. The minimum Gasteiger partial charge on any atom is -0.481 e. The van der Waals surface area contributed by atoms with Crippen LogP contribution >= 0.6 is 0 Å². The number of aromatic amines is 1. The molecule has 0 aliphatic rings. The van der Waals surface area contributed by atoms with Crippen molar-refractivity contribution in [3.63, 3.8) is 0 Å². The predicted octanol–water partition coefficient (Wildman–Crippen LogP) is 0.0696. The summed E-state index contributed by atoms with van der Waals surface area (Å²) in [6.45, 7) is 0.410. The van der Waals surface area contributed by atoms with Crippen LogP contribution in [0.25, 0.3) is 11.2 Å². The van der Waals surface area contributed by atoms with Crippen molar-refractivity contribution in [1.29, 1.82) is 0 Å². The van der Waals surface area contributed by atoms with Gasteiger partial charge in [0.2, 0.25) is 5.95 Å². The molecule has 0 aliphatic heterocycles. The third-order valence-corrected chi connectivity index (χ3v) is 5.10. The molecule has 3 aromatic heterocycles. The number of anilines is 3. The number of nitrogen functional groups attached to an aromatic ring is 2. The molecule has 0 saturated carbocycles. The van der Waals surface area contributed by atoms with Crippen molar-refractivity contribution in [1.82, 2.24) is 45.9 Å². The van der Waals surface area contributed by atoms with Gasteiger partial charge in [-0.1, -0.05) is 5.21 Å². The Morgan fingerprint density at radius 3 is 2.63 bits per heavy atom. The van der Waals surface area contributed by atoms with Crippen LogP contribution in [0.15, 0.2) is 30.5 Å². The Bertz CT molecular complexity index is 1340. The summed E-state index contributed by atoms with van der Waals surface area (Å²) in [7, 11) is 1.86. The van der Waals surface area contributed by atoms with E-state index in [0.29, 0.717) is 29.0 Å². The lowest BCUT2D eigenvalue weighted by molar-refractivity contribution is -0.137. The van der Waals surface area contributed by atoms with E-state index in [-0.39, 0.29) is 30.4 Å². The topological polar surface area (TPSA) is 228 Å². The summed E-state index contributed by atoms with van der Waals surface area (Å²) in [4.78, 5) is 42.3. The fourth-order valence-electron chi connectivity index (χ4n) is 3.35. The van der Waals surface area contributed by atoms with E-state index in [4.69, 9.17) is 16.6 Å². The highest BCUT2D eigenvalue weighted by molar-refractivity contribution is 5.94. The van der Waals surface area contributed by atoms with Crippen LogP contribution in [0.1, 0.15) is 40.8 Å². The minimum atomic E-state index is -0.990. The lowest BCUT2D eigenvalue weighted by atomic mass is 10.1. The number of hydrogen-bond donors (Lipinski definition) is 5. The molecular formula is C20H22N12O3.